The Morgan fingerprint density at radius 3 is 1.37 bits per heavy atom. The van der Waals surface area contributed by atoms with Gasteiger partial charge < -0.3 is 18.5 Å². The Morgan fingerprint density at radius 2 is 0.804 bits per heavy atom. The summed E-state index contributed by atoms with van der Waals surface area (Å²) in [6.45, 7) is 0. The Balaban J connectivity index is 1.16. The SMILES string of the molecule is c1ccc2c(c1)c1ccccc1n2-c1ccc2[nH]c3cc4oc5ccc(-n6c7ccccc7c7ccccc76)cc5c4cc3c2c1. The van der Waals surface area contributed by atoms with Gasteiger partial charge in [-0.1, -0.05) is 72.8 Å². The molecule has 11 rings (SSSR count). The van der Waals surface area contributed by atoms with Gasteiger partial charge in [-0.25, -0.2) is 0 Å². The molecule has 0 bridgehead atoms. The van der Waals surface area contributed by atoms with Crippen LogP contribution < -0.4 is 0 Å². The lowest BCUT2D eigenvalue weighted by Crippen LogP contribution is -1.93. The van der Waals surface area contributed by atoms with Gasteiger partial charge in [0.1, 0.15) is 11.2 Å². The Labute approximate surface area is 262 Å². The van der Waals surface area contributed by atoms with Crippen LogP contribution in [0.4, 0.5) is 0 Å². The maximum atomic E-state index is 6.45. The molecule has 0 spiro atoms. The maximum Gasteiger partial charge on any atom is 0.137 e. The number of nitrogens with one attached hydrogen (secondary N) is 1. The van der Waals surface area contributed by atoms with E-state index in [0.717, 1.165) is 44.3 Å². The number of aromatic nitrogens is 3. The molecular formula is C42H25N3O. The van der Waals surface area contributed by atoms with Gasteiger partial charge in [-0.15, -0.1) is 0 Å². The van der Waals surface area contributed by atoms with Gasteiger partial charge in [0.15, 0.2) is 0 Å². The minimum atomic E-state index is 0.885. The van der Waals surface area contributed by atoms with Crippen LogP contribution in [0.1, 0.15) is 0 Å². The highest BCUT2D eigenvalue weighted by Gasteiger charge is 2.17. The molecule has 0 amide bonds. The smallest absolute Gasteiger partial charge is 0.137 e. The summed E-state index contributed by atoms with van der Waals surface area (Å²) < 4.78 is 11.2. The second-order valence-electron chi connectivity index (χ2n) is 12.3. The largest absolute Gasteiger partial charge is 0.456 e. The van der Waals surface area contributed by atoms with Crippen LogP contribution in [0.2, 0.25) is 0 Å². The molecule has 214 valence electrons. The summed E-state index contributed by atoms with van der Waals surface area (Å²) in [6.07, 6.45) is 0. The number of fused-ring (bicyclic) bond motifs is 12. The zero-order valence-electron chi connectivity index (χ0n) is 24.7. The van der Waals surface area contributed by atoms with Crippen LogP contribution in [-0.2, 0) is 0 Å². The minimum Gasteiger partial charge on any atom is -0.456 e. The molecule has 4 heteroatoms. The highest BCUT2D eigenvalue weighted by atomic mass is 16.3. The van der Waals surface area contributed by atoms with Crippen molar-refractivity contribution < 1.29 is 4.42 Å². The number of H-pyrrole nitrogens is 1. The molecule has 0 atom stereocenters. The fraction of sp³-hybridized carbons (Fsp3) is 0. The highest BCUT2D eigenvalue weighted by molar-refractivity contribution is 6.17. The summed E-state index contributed by atoms with van der Waals surface area (Å²) in [5.74, 6) is 0. The van der Waals surface area contributed by atoms with Crippen LogP contribution in [-0.4, -0.2) is 14.1 Å². The average Bonchev–Trinajstić information content (AvgIpc) is 3.84. The van der Waals surface area contributed by atoms with Gasteiger partial charge in [-0.3, -0.25) is 0 Å². The summed E-state index contributed by atoms with van der Waals surface area (Å²) >= 11 is 0. The van der Waals surface area contributed by atoms with Gasteiger partial charge >= 0.3 is 0 Å². The Kier molecular flexibility index (Phi) is 4.55. The molecule has 0 aliphatic rings. The van der Waals surface area contributed by atoms with E-state index in [9.17, 15) is 0 Å². The summed E-state index contributed by atoms with van der Waals surface area (Å²) in [5.41, 5.74) is 11.1. The number of hydrogen-bond acceptors (Lipinski definition) is 1. The van der Waals surface area contributed by atoms with Crippen LogP contribution >= 0.6 is 0 Å². The molecular weight excluding hydrogens is 562 g/mol. The molecule has 4 heterocycles. The lowest BCUT2D eigenvalue weighted by molar-refractivity contribution is 0.669. The molecule has 4 nitrogen and oxygen atoms in total. The van der Waals surface area contributed by atoms with E-state index in [1.54, 1.807) is 0 Å². The summed E-state index contributed by atoms with van der Waals surface area (Å²) in [5, 5.41) is 9.67. The third-order valence-electron chi connectivity index (χ3n) is 9.83. The predicted molar refractivity (Wildman–Crippen MR) is 192 cm³/mol. The topological polar surface area (TPSA) is 38.8 Å². The van der Waals surface area contributed by atoms with Gasteiger partial charge in [0.2, 0.25) is 0 Å². The van der Waals surface area contributed by atoms with Crippen molar-refractivity contribution in [2.75, 3.05) is 0 Å². The van der Waals surface area contributed by atoms with Gasteiger partial charge in [-0.2, -0.15) is 0 Å². The first-order valence-corrected chi connectivity index (χ1v) is 15.7. The number of para-hydroxylation sites is 4. The van der Waals surface area contributed by atoms with Crippen LogP contribution in [0.3, 0.4) is 0 Å². The zero-order chi connectivity index (χ0) is 29.9. The number of furan rings is 1. The van der Waals surface area contributed by atoms with Crippen molar-refractivity contribution in [3.05, 3.63) is 146 Å². The molecule has 0 radical (unpaired) electrons. The van der Waals surface area contributed by atoms with E-state index in [-0.39, 0.29) is 0 Å². The van der Waals surface area contributed by atoms with E-state index in [0.29, 0.717) is 0 Å². The fourth-order valence-corrected chi connectivity index (χ4v) is 7.83. The van der Waals surface area contributed by atoms with Crippen molar-refractivity contribution in [1.82, 2.24) is 14.1 Å². The molecule has 4 aromatic heterocycles. The first-order chi connectivity index (χ1) is 22.8. The van der Waals surface area contributed by atoms with Gasteiger partial charge in [0, 0.05) is 66.0 Å². The van der Waals surface area contributed by atoms with Crippen molar-refractivity contribution in [2.45, 2.75) is 0 Å². The molecule has 0 aliphatic carbocycles. The standard InChI is InChI=1S/C42H25N3O/c1-5-13-37-27(9-1)28-10-2-6-14-38(28)44(37)25-17-19-35-31(21-25)32-23-34-33-22-26(18-20-41(33)46-42(34)24-36(32)43-35)45-39-15-7-3-11-29(39)30-12-4-8-16-40(30)45/h1-24,43H. The van der Waals surface area contributed by atoms with Crippen molar-refractivity contribution in [3.63, 3.8) is 0 Å². The zero-order valence-corrected chi connectivity index (χ0v) is 24.7. The van der Waals surface area contributed by atoms with E-state index < -0.39 is 0 Å². The van der Waals surface area contributed by atoms with Crippen LogP contribution in [0.5, 0.6) is 0 Å². The van der Waals surface area contributed by atoms with Crippen molar-refractivity contribution in [1.29, 1.82) is 0 Å². The molecule has 0 aliphatic heterocycles. The molecule has 7 aromatic carbocycles. The number of nitrogens with zero attached hydrogens (tertiary/aromatic N) is 2. The van der Waals surface area contributed by atoms with Crippen molar-refractivity contribution in [3.8, 4) is 11.4 Å². The van der Waals surface area contributed by atoms with E-state index in [4.69, 9.17) is 4.42 Å². The Morgan fingerprint density at radius 1 is 0.348 bits per heavy atom. The van der Waals surface area contributed by atoms with Crippen LogP contribution in [0, 0.1) is 0 Å². The van der Waals surface area contributed by atoms with Crippen molar-refractivity contribution >= 4 is 87.4 Å². The number of rotatable bonds is 2. The van der Waals surface area contributed by atoms with Gasteiger partial charge in [-0.05, 0) is 66.7 Å². The highest BCUT2D eigenvalue weighted by Crippen LogP contribution is 2.39. The quantitative estimate of drug-likeness (QED) is 0.215. The molecule has 0 saturated carbocycles. The Bertz CT molecular complexity index is 2730. The molecule has 46 heavy (non-hydrogen) atoms. The van der Waals surface area contributed by atoms with E-state index in [2.05, 4.69) is 160 Å². The van der Waals surface area contributed by atoms with E-state index in [1.165, 1.54) is 54.4 Å². The second-order valence-corrected chi connectivity index (χ2v) is 12.3. The first-order valence-electron chi connectivity index (χ1n) is 15.7. The molecule has 1 N–H and O–H groups in total. The van der Waals surface area contributed by atoms with E-state index >= 15 is 0 Å². The van der Waals surface area contributed by atoms with Gasteiger partial charge in [0.25, 0.3) is 0 Å². The number of benzene rings is 7. The lowest BCUT2D eigenvalue weighted by Gasteiger charge is -2.08. The Hall–Kier alpha value is -6.26. The van der Waals surface area contributed by atoms with Gasteiger partial charge in [0.05, 0.1) is 27.6 Å². The van der Waals surface area contributed by atoms with Crippen LogP contribution in [0.25, 0.3) is 98.7 Å². The predicted octanol–water partition coefficient (Wildman–Crippen LogP) is 11.4. The monoisotopic (exact) mass is 587 g/mol. The summed E-state index contributed by atoms with van der Waals surface area (Å²) in [7, 11) is 0. The third-order valence-corrected chi connectivity index (χ3v) is 9.83. The molecule has 0 fully saturated rings. The minimum absolute atomic E-state index is 0.885. The van der Waals surface area contributed by atoms with E-state index in [1.807, 2.05) is 0 Å². The first kappa shape index (κ1) is 24.1. The molecule has 0 unspecified atom stereocenters. The van der Waals surface area contributed by atoms with Crippen LogP contribution in [0.15, 0.2) is 150 Å². The second kappa shape index (κ2) is 8.68. The third kappa shape index (κ3) is 3.12. The summed E-state index contributed by atoms with van der Waals surface area (Å²) in [6, 6.07) is 52.4. The molecule has 0 saturated heterocycles. The maximum absolute atomic E-state index is 6.45. The normalized spacial score (nSPS) is 12.3. The average molecular weight is 588 g/mol. The lowest BCUT2D eigenvalue weighted by atomic mass is 10.1. The summed E-state index contributed by atoms with van der Waals surface area (Å²) in [4.78, 5) is 3.66. The van der Waals surface area contributed by atoms with Crippen molar-refractivity contribution in [2.24, 2.45) is 0 Å². The molecule has 11 aromatic rings. The number of aromatic amines is 1. The fourth-order valence-electron chi connectivity index (χ4n) is 7.83. The number of hydrogen-bond donors (Lipinski definition) is 1.